The lowest BCUT2D eigenvalue weighted by molar-refractivity contribution is 0.0940. The topological polar surface area (TPSA) is 47.2 Å². The van der Waals surface area contributed by atoms with Crippen LogP contribution in [0.15, 0.2) is 47.1 Å². The first-order chi connectivity index (χ1) is 11.0. The van der Waals surface area contributed by atoms with E-state index < -0.39 is 0 Å². The number of hydrogen-bond acceptors (Lipinski definition) is 2. The number of halogens is 1. The molecule has 0 radical (unpaired) electrons. The molecule has 0 aliphatic rings. The van der Waals surface area contributed by atoms with E-state index in [1.54, 1.807) is 24.5 Å². The summed E-state index contributed by atoms with van der Waals surface area (Å²) in [6, 6.07) is 9.86. The highest BCUT2D eigenvalue weighted by molar-refractivity contribution is 5.97. The number of hydrogen-bond donors (Lipinski definition) is 1. The van der Waals surface area contributed by atoms with Gasteiger partial charge in [-0.05, 0) is 23.6 Å². The molecule has 5 heteroatoms. The van der Waals surface area contributed by atoms with E-state index in [0.717, 1.165) is 11.1 Å². The number of carbonyl (C=O) groups is 1. The van der Waals surface area contributed by atoms with Crippen LogP contribution in [0.3, 0.4) is 0 Å². The van der Waals surface area contributed by atoms with Crippen molar-refractivity contribution in [2.45, 2.75) is 20.4 Å². The van der Waals surface area contributed by atoms with Gasteiger partial charge >= 0.3 is 0 Å². The third-order valence-electron chi connectivity index (χ3n) is 3.68. The van der Waals surface area contributed by atoms with Gasteiger partial charge in [-0.3, -0.25) is 4.79 Å². The monoisotopic (exact) mass is 314 g/mol. The highest BCUT2D eigenvalue weighted by Crippen LogP contribution is 2.22. The smallest absolute Gasteiger partial charge is 0.268 e. The normalized spacial score (nSPS) is 11.3. The van der Waals surface area contributed by atoms with E-state index in [0.29, 0.717) is 30.3 Å². The van der Waals surface area contributed by atoms with Crippen LogP contribution in [0, 0.1) is 11.7 Å². The fourth-order valence-electron chi connectivity index (χ4n) is 2.50. The molecule has 3 rings (SSSR count). The first kappa shape index (κ1) is 15.3. The second kappa shape index (κ2) is 6.28. The molecule has 0 spiro atoms. The van der Waals surface area contributed by atoms with Gasteiger partial charge in [-0.25, -0.2) is 4.39 Å². The number of aromatic nitrogens is 1. The zero-order chi connectivity index (χ0) is 16.4. The van der Waals surface area contributed by atoms with Gasteiger partial charge in [-0.2, -0.15) is 0 Å². The summed E-state index contributed by atoms with van der Waals surface area (Å²) >= 11 is 0. The number of furan rings is 1. The van der Waals surface area contributed by atoms with Crippen molar-refractivity contribution < 1.29 is 13.6 Å². The Kier molecular flexibility index (Phi) is 4.19. The molecule has 0 bridgehead atoms. The fraction of sp³-hybridized carbons (Fsp3) is 0.278. The zero-order valence-electron chi connectivity index (χ0n) is 13.2. The van der Waals surface area contributed by atoms with Crippen LogP contribution in [0.4, 0.5) is 4.39 Å². The predicted octanol–water partition coefficient (Wildman–Crippen LogP) is 3.81. The molecule has 3 aromatic rings. The lowest BCUT2D eigenvalue weighted by Crippen LogP contribution is -2.29. The number of carbonyl (C=O) groups excluding carboxylic acids is 1. The maximum absolute atomic E-state index is 13.1. The number of nitrogens with zero attached hydrogens (tertiary/aromatic N) is 1. The Labute approximate surface area is 133 Å². The van der Waals surface area contributed by atoms with Crippen molar-refractivity contribution in [3.05, 3.63) is 59.7 Å². The molecule has 2 aromatic heterocycles. The maximum atomic E-state index is 13.1. The largest absolute Gasteiger partial charge is 0.463 e. The number of benzene rings is 1. The van der Waals surface area contributed by atoms with Gasteiger partial charge in [0.05, 0.1) is 11.8 Å². The second-order valence-corrected chi connectivity index (χ2v) is 6.02. The Morgan fingerprint density at radius 2 is 2.00 bits per heavy atom. The molecule has 1 amide bonds. The summed E-state index contributed by atoms with van der Waals surface area (Å²) in [7, 11) is 0. The summed E-state index contributed by atoms with van der Waals surface area (Å²) in [6.07, 6.45) is 1.60. The lowest BCUT2D eigenvalue weighted by Gasteiger charge is -2.12. The van der Waals surface area contributed by atoms with Crippen molar-refractivity contribution >= 4 is 17.0 Å². The van der Waals surface area contributed by atoms with E-state index >= 15 is 0 Å². The lowest BCUT2D eigenvalue weighted by atomic mass is 10.2. The van der Waals surface area contributed by atoms with Crippen molar-refractivity contribution in [1.29, 1.82) is 0 Å². The first-order valence-corrected chi connectivity index (χ1v) is 7.64. The minimum Gasteiger partial charge on any atom is -0.463 e. The van der Waals surface area contributed by atoms with E-state index in [9.17, 15) is 9.18 Å². The van der Waals surface area contributed by atoms with Gasteiger partial charge in [0.2, 0.25) is 0 Å². The summed E-state index contributed by atoms with van der Waals surface area (Å²) in [4.78, 5) is 12.4. The fourth-order valence-corrected chi connectivity index (χ4v) is 2.50. The summed E-state index contributed by atoms with van der Waals surface area (Å²) in [5.41, 5.74) is 2.98. The van der Waals surface area contributed by atoms with E-state index in [1.807, 2.05) is 24.5 Å². The molecular weight excluding hydrogens is 295 g/mol. The van der Waals surface area contributed by atoms with Crippen molar-refractivity contribution in [2.24, 2.45) is 5.92 Å². The molecule has 0 atom stereocenters. The summed E-state index contributed by atoms with van der Waals surface area (Å²) in [6.45, 7) is 5.18. The van der Waals surface area contributed by atoms with Crippen LogP contribution in [0.1, 0.15) is 29.9 Å². The number of rotatable bonds is 5. The molecule has 120 valence electrons. The van der Waals surface area contributed by atoms with Gasteiger partial charge in [0.15, 0.2) is 5.58 Å². The van der Waals surface area contributed by atoms with Crippen LogP contribution in [0.25, 0.3) is 11.1 Å². The van der Waals surface area contributed by atoms with E-state index in [4.69, 9.17) is 4.42 Å². The molecule has 0 aliphatic carbocycles. The Morgan fingerprint density at radius 1 is 1.26 bits per heavy atom. The molecule has 0 saturated carbocycles. The highest BCUT2D eigenvalue weighted by atomic mass is 19.1. The molecule has 0 fully saturated rings. The highest BCUT2D eigenvalue weighted by Gasteiger charge is 2.17. The van der Waals surface area contributed by atoms with Gasteiger partial charge in [-0.1, -0.05) is 26.0 Å². The van der Waals surface area contributed by atoms with Crippen LogP contribution >= 0.6 is 0 Å². The summed E-state index contributed by atoms with van der Waals surface area (Å²) < 4.78 is 20.4. The molecule has 1 aromatic carbocycles. The van der Waals surface area contributed by atoms with Crippen LogP contribution in [-0.2, 0) is 6.54 Å². The predicted molar refractivity (Wildman–Crippen MR) is 86.9 cm³/mol. The SMILES string of the molecule is CC(C)CNC(=O)c1cc2occc2n1Cc1ccc(F)cc1. The zero-order valence-corrected chi connectivity index (χ0v) is 13.2. The van der Waals surface area contributed by atoms with Gasteiger partial charge in [0, 0.05) is 25.2 Å². The van der Waals surface area contributed by atoms with Crippen molar-refractivity contribution in [3.8, 4) is 0 Å². The van der Waals surface area contributed by atoms with Crippen LogP contribution in [-0.4, -0.2) is 17.0 Å². The van der Waals surface area contributed by atoms with Gasteiger partial charge in [-0.15, -0.1) is 0 Å². The Bertz CT molecular complexity index is 815. The molecule has 0 unspecified atom stereocenters. The van der Waals surface area contributed by atoms with Crippen molar-refractivity contribution in [2.75, 3.05) is 6.54 Å². The molecular formula is C18H19FN2O2. The first-order valence-electron chi connectivity index (χ1n) is 7.64. The quantitative estimate of drug-likeness (QED) is 0.778. The molecule has 1 N–H and O–H groups in total. The van der Waals surface area contributed by atoms with Crippen molar-refractivity contribution in [3.63, 3.8) is 0 Å². The maximum Gasteiger partial charge on any atom is 0.268 e. The average molecular weight is 314 g/mol. The van der Waals surface area contributed by atoms with Crippen molar-refractivity contribution in [1.82, 2.24) is 9.88 Å². The minimum atomic E-state index is -0.274. The number of amides is 1. The summed E-state index contributed by atoms with van der Waals surface area (Å²) in [5, 5.41) is 2.92. The molecule has 0 aliphatic heterocycles. The molecule has 0 saturated heterocycles. The van der Waals surface area contributed by atoms with E-state index in [2.05, 4.69) is 5.32 Å². The number of nitrogens with one attached hydrogen (secondary N) is 1. The van der Waals surface area contributed by atoms with E-state index in [-0.39, 0.29) is 11.7 Å². The second-order valence-electron chi connectivity index (χ2n) is 6.02. The number of fused-ring (bicyclic) bond motifs is 1. The van der Waals surface area contributed by atoms with Gasteiger partial charge < -0.3 is 14.3 Å². The van der Waals surface area contributed by atoms with Crippen LogP contribution < -0.4 is 5.32 Å². The van der Waals surface area contributed by atoms with E-state index in [1.165, 1.54) is 12.1 Å². The summed E-state index contributed by atoms with van der Waals surface area (Å²) in [5.74, 6) is -0.0284. The van der Waals surface area contributed by atoms with Gasteiger partial charge in [0.1, 0.15) is 11.5 Å². The molecule has 2 heterocycles. The standard InChI is InChI=1S/C18H19FN2O2/c1-12(2)10-20-18(22)16-9-17-15(7-8-23-17)21(16)11-13-3-5-14(19)6-4-13/h3-9,12H,10-11H2,1-2H3,(H,20,22). The third-order valence-corrected chi connectivity index (χ3v) is 3.68. The van der Waals surface area contributed by atoms with Crippen LogP contribution in [0.5, 0.6) is 0 Å². The van der Waals surface area contributed by atoms with Crippen LogP contribution in [0.2, 0.25) is 0 Å². The molecule has 23 heavy (non-hydrogen) atoms. The third kappa shape index (κ3) is 3.28. The Morgan fingerprint density at radius 3 is 2.70 bits per heavy atom. The Hall–Kier alpha value is -2.56. The minimum absolute atomic E-state index is 0.132. The average Bonchev–Trinajstić information content (AvgIpc) is 3.09. The Balaban J connectivity index is 1.93. The van der Waals surface area contributed by atoms with Gasteiger partial charge in [0.25, 0.3) is 5.91 Å². The molecule has 4 nitrogen and oxygen atoms in total.